The van der Waals surface area contributed by atoms with Crippen LogP contribution in [0.5, 0.6) is 0 Å². The third-order valence-corrected chi connectivity index (χ3v) is 4.71. The zero-order valence-corrected chi connectivity index (χ0v) is 14.6. The van der Waals surface area contributed by atoms with Gasteiger partial charge in [-0.05, 0) is 19.1 Å². The lowest BCUT2D eigenvalue weighted by atomic mass is 10.2. The van der Waals surface area contributed by atoms with Crippen LogP contribution >= 0.6 is 11.6 Å². The highest BCUT2D eigenvalue weighted by molar-refractivity contribution is 6.33. The largest absolute Gasteiger partial charge is 0.368 e. The summed E-state index contributed by atoms with van der Waals surface area (Å²) in [7, 11) is 0. The van der Waals surface area contributed by atoms with Gasteiger partial charge in [0.2, 0.25) is 5.89 Å². The molecule has 1 aromatic carbocycles. The minimum Gasteiger partial charge on any atom is -0.368 e. The number of hydrogen-bond donors (Lipinski definition) is 0. The predicted octanol–water partition coefficient (Wildman–Crippen LogP) is 3.73. The van der Waals surface area contributed by atoms with Crippen molar-refractivity contribution in [1.29, 1.82) is 0 Å². The number of aromatic nitrogens is 2. The van der Waals surface area contributed by atoms with Gasteiger partial charge in [-0.1, -0.05) is 42.7 Å². The van der Waals surface area contributed by atoms with Gasteiger partial charge in [0.15, 0.2) is 5.82 Å². The van der Waals surface area contributed by atoms with Crippen LogP contribution in [0.25, 0.3) is 0 Å². The lowest BCUT2D eigenvalue weighted by Crippen LogP contribution is -2.47. The third kappa shape index (κ3) is 3.51. The molecule has 1 aliphatic heterocycles. The molecule has 0 spiro atoms. The van der Waals surface area contributed by atoms with Crippen molar-refractivity contribution in [2.24, 2.45) is 0 Å². The summed E-state index contributed by atoms with van der Waals surface area (Å²) in [6.45, 7) is 10.1. The van der Waals surface area contributed by atoms with Crippen molar-refractivity contribution in [1.82, 2.24) is 15.0 Å². The fourth-order valence-electron chi connectivity index (χ4n) is 2.87. The van der Waals surface area contributed by atoms with Crippen LogP contribution in [0.4, 0.5) is 5.69 Å². The van der Waals surface area contributed by atoms with Gasteiger partial charge < -0.3 is 9.42 Å². The molecule has 23 heavy (non-hydrogen) atoms. The van der Waals surface area contributed by atoms with E-state index in [1.54, 1.807) is 0 Å². The molecule has 1 unspecified atom stereocenters. The molecule has 2 aromatic rings. The molecular formula is C17H23ClN4O. The summed E-state index contributed by atoms with van der Waals surface area (Å²) in [5, 5.41) is 4.88. The molecule has 0 saturated carbocycles. The van der Waals surface area contributed by atoms with E-state index in [2.05, 4.69) is 46.8 Å². The van der Waals surface area contributed by atoms with Crippen molar-refractivity contribution in [2.75, 3.05) is 31.1 Å². The van der Waals surface area contributed by atoms with E-state index in [0.29, 0.717) is 5.89 Å². The molecule has 5 nitrogen and oxygen atoms in total. The first kappa shape index (κ1) is 16.3. The Balaban J connectivity index is 1.63. The molecule has 1 fully saturated rings. The van der Waals surface area contributed by atoms with E-state index in [0.717, 1.165) is 42.7 Å². The molecule has 0 aliphatic carbocycles. The topological polar surface area (TPSA) is 45.4 Å². The van der Waals surface area contributed by atoms with Gasteiger partial charge in [0.25, 0.3) is 0 Å². The summed E-state index contributed by atoms with van der Waals surface area (Å²) in [6, 6.07) is 8.16. The SMILES string of the molecule is CC(C)c1noc(C(C)N2CCN(c3ccccc3Cl)CC2)n1. The maximum absolute atomic E-state index is 6.30. The van der Waals surface area contributed by atoms with Crippen LogP contribution in [0.15, 0.2) is 28.8 Å². The lowest BCUT2D eigenvalue weighted by molar-refractivity contribution is 0.164. The highest BCUT2D eigenvalue weighted by atomic mass is 35.5. The Morgan fingerprint density at radius 3 is 2.39 bits per heavy atom. The summed E-state index contributed by atoms with van der Waals surface area (Å²) in [6.07, 6.45) is 0. The number of hydrogen-bond acceptors (Lipinski definition) is 5. The number of halogens is 1. The van der Waals surface area contributed by atoms with Gasteiger partial charge in [0.05, 0.1) is 16.8 Å². The van der Waals surface area contributed by atoms with Crippen molar-refractivity contribution >= 4 is 17.3 Å². The first-order valence-corrected chi connectivity index (χ1v) is 8.51. The average molecular weight is 335 g/mol. The molecule has 1 aromatic heterocycles. The molecule has 0 amide bonds. The Kier molecular flexibility index (Phi) is 4.87. The smallest absolute Gasteiger partial charge is 0.243 e. The summed E-state index contributed by atoms with van der Waals surface area (Å²) in [5.41, 5.74) is 1.11. The minimum atomic E-state index is 0.142. The normalized spacial score (nSPS) is 17.7. The molecule has 0 bridgehead atoms. The Labute approximate surface area is 142 Å². The van der Waals surface area contributed by atoms with Crippen molar-refractivity contribution in [3.8, 4) is 0 Å². The van der Waals surface area contributed by atoms with Gasteiger partial charge >= 0.3 is 0 Å². The number of piperazine rings is 1. The van der Waals surface area contributed by atoms with E-state index in [1.165, 1.54) is 0 Å². The number of para-hydroxylation sites is 1. The number of rotatable bonds is 4. The fourth-order valence-corrected chi connectivity index (χ4v) is 3.12. The number of benzene rings is 1. The highest BCUT2D eigenvalue weighted by Crippen LogP contribution is 2.28. The Hall–Kier alpha value is -1.59. The predicted molar refractivity (Wildman–Crippen MR) is 92.0 cm³/mol. The highest BCUT2D eigenvalue weighted by Gasteiger charge is 2.26. The molecule has 1 aliphatic rings. The van der Waals surface area contributed by atoms with Crippen LogP contribution in [0, 0.1) is 0 Å². The van der Waals surface area contributed by atoms with E-state index in [4.69, 9.17) is 16.1 Å². The first-order chi connectivity index (χ1) is 11.1. The van der Waals surface area contributed by atoms with Crippen LogP contribution in [0.1, 0.15) is 44.4 Å². The maximum atomic E-state index is 6.30. The minimum absolute atomic E-state index is 0.142. The van der Waals surface area contributed by atoms with E-state index in [1.807, 2.05) is 18.2 Å². The average Bonchev–Trinajstić information content (AvgIpc) is 3.05. The van der Waals surface area contributed by atoms with Gasteiger partial charge in [-0.3, -0.25) is 4.90 Å². The maximum Gasteiger partial charge on any atom is 0.243 e. The second-order valence-electron chi connectivity index (χ2n) is 6.30. The molecule has 6 heteroatoms. The van der Waals surface area contributed by atoms with Crippen LogP contribution in [0.2, 0.25) is 5.02 Å². The zero-order valence-electron chi connectivity index (χ0n) is 13.9. The second kappa shape index (κ2) is 6.89. The van der Waals surface area contributed by atoms with E-state index >= 15 is 0 Å². The molecule has 0 N–H and O–H groups in total. The Morgan fingerprint density at radius 2 is 1.78 bits per heavy atom. The Bertz CT molecular complexity index is 650. The van der Waals surface area contributed by atoms with Gasteiger partial charge in [0, 0.05) is 32.1 Å². The van der Waals surface area contributed by atoms with E-state index < -0.39 is 0 Å². The quantitative estimate of drug-likeness (QED) is 0.852. The summed E-state index contributed by atoms with van der Waals surface area (Å²) >= 11 is 6.30. The van der Waals surface area contributed by atoms with Gasteiger partial charge in [0.1, 0.15) is 0 Å². The van der Waals surface area contributed by atoms with E-state index in [9.17, 15) is 0 Å². The molecule has 1 atom stereocenters. The molecular weight excluding hydrogens is 312 g/mol. The zero-order chi connectivity index (χ0) is 16.4. The van der Waals surface area contributed by atoms with Crippen LogP contribution in [-0.4, -0.2) is 41.2 Å². The van der Waals surface area contributed by atoms with Crippen LogP contribution < -0.4 is 4.90 Å². The van der Waals surface area contributed by atoms with Gasteiger partial charge in [-0.15, -0.1) is 0 Å². The third-order valence-electron chi connectivity index (χ3n) is 4.39. The number of anilines is 1. The van der Waals surface area contributed by atoms with Crippen molar-refractivity contribution in [3.05, 3.63) is 41.0 Å². The van der Waals surface area contributed by atoms with Crippen LogP contribution in [0.3, 0.4) is 0 Å². The standard InChI is InChI=1S/C17H23ClN4O/c1-12(2)16-19-17(23-20-16)13(3)21-8-10-22(11-9-21)15-7-5-4-6-14(15)18/h4-7,12-13H,8-11H2,1-3H3. The first-order valence-electron chi connectivity index (χ1n) is 8.13. The van der Waals surface area contributed by atoms with Crippen LogP contribution in [-0.2, 0) is 0 Å². The van der Waals surface area contributed by atoms with Crippen molar-refractivity contribution in [3.63, 3.8) is 0 Å². The summed E-state index contributed by atoms with van der Waals surface area (Å²) in [4.78, 5) is 9.23. The monoisotopic (exact) mass is 334 g/mol. The molecule has 3 rings (SSSR count). The molecule has 0 radical (unpaired) electrons. The number of nitrogens with zero attached hydrogens (tertiary/aromatic N) is 4. The second-order valence-corrected chi connectivity index (χ2v) is 6.70. The lowest BCUT2D eigenvalue weighted by Gasteiger charge is -2.38. The van der Waals surface area contributed by atoms with Gasteiger partial charge in [-0.2, -0.15) is 4.98 Å². The van der Waals surface area contributed by atoms with Gasteiger partial charge in [-0.25, -0.2) is 0 Å². The van der Waals surface area contributed by atoms with E-state index in [-0.39, 0.29) is 12.0 Å². The molecule has 124 valence electrons. The fraction of sp³-hybridized carbons (Fsp3) is 0.529. The molecule has 2 heterocycles. The summed E-state index contributed by atoms with van der Waals surface area (Å²) < 4.78 is 5.43. The Morgan fingerprint density at radius 1 is 1.09 bits per heavy atom. The van der Waals surface area contributed by atoms with Crippen molar-refractivity contribution < 1.29 is 4.52 Å². The molecule has 1 saturated heterocycles. The van der Waals surface area contributed by atoms with Crippen molar-refractivity contribution in [2.45, 2.75) is 32.7 Å². The summed E-state index contributed by atoms with van der Waals surface area (Å²) in [5.74, 6) is 1.78.